The van der Waals surface area contributed by atoms with Crippen LogP contribution in [0.5, 0.6) is 0 Å². The minimum absolute atomic E-state index is 0.0516. The van der Waals surface area contributed by atoms with Crippen molar-refractivity contribution in [3.05, 3.63) is 44.4 Å². The van der Waals surface area contributed by atoms with E-state index in [9.17, 15) is 0 Å². The van der Waals surface area contributed by atoms with Crippen molar-refractivity contribution in [3.8, 4) is 0 Å². The second-order valence-corrected chi connectivity index (χ2v) is 6.01. The second-order valence-electron chi connectivity index (χ2n) is 3.46. The average Bonchev–Trinajstić information content (AvgIpc) is 2.75. The van der Waals surface area contributed by atoms with Crippen molar-refractivity contribution in [3.63, 3.8) is 0 Å². The smallest absolute Gasteiger partial charge is 0.121 e. The molecule has 4 heteroatoms. The number of hydrogen-bond acceptors (Lipinski definition) is 3. The fourth-order valence-electron chi connectivity index (χ4n) is 1.43. The third kappa shape index (κ3) is 2.71. The van der Waals surface area contributed by atoms with E-state index in [0.29, 0.717) is 0 Å². The van der Waals surface area contributed by atoms with E-state index in [0.717, 1.165) is 21.7 Å². The summed E-state index contributed by atoms with van der Waals surface area (Å²) in [6.07, 6.45) is 0.823. The van der Waals surface area contributed by atoms with E-state index in [1.165, 1.54) is 4.88 Å². The van der Waals surface area contributed by atoms with Gasteiger partial charge in [-0.25, -0.2) is 0 Å². The molecule has 0 fully saturated rings. The van der Waals surface area contributed by atoms with E-state index < -0.39 is 0 Å². The minimum atomic E-state index is -0.0516. The molecule has 0 spiro atoms. The third-order valence-corrected chi connectivity index (χ3v) is 3.82. The van der Waals surface area contributed by atoms with Crippen LogP contribution < -0.4 is 5.73 Å². The van der Waals surface area contributed by atoms with Gasteiger partial charge in [-0.1, -0.05) is 0 Å². The predicted molar refractivity (Wildman–Crippen MR) is 66.1 cm³/mol. The lowest BCUT2D eigenvalue weighted by molar-refractivity contribution is 0.446. The Morgan fingerprint density at radius 3 is 2.73 bits per heavy atom. The van der Waals surface area contributed by atoms with Crippen LogP contribution in [0.15, 0.2) is 32.5 Å². The van der Waals surface area contributed by atoms with Gasteiger partial charge in [-0.2, -0.15) is 0 Å². The van der Waals surface area contributed by atoms with Gasteiger partial charge in [-0.3, -0.25) is 0 Å². The SMILES string of the molecule is Cc1ccc(C(N)Cc2ccc(Br)s2)o1. The first-order chi connectivity index (χ1) is 7.15. The van der Waals surface area contributed by atoms with Crippen molar-refractivity contribution in [2.75, 3.05) is 0 Å². The van der Waals surface area contributed by atoms with Gasteiger partial charge < -0.3 is 10.2 Å². The maximum Gasteiger partial charge on any atom is 0.121 e. The summed E-state index contributed by atoms with van der Waals surface area (Å²) >= 11 is 5.15. The number of aryl methyl sites for hydroxylation is 1. The van der Waals surface area contributed by atoms with Gasteiger partial charge in [-0.05, 0) is 47.1 Å². The van der Waals surface area contributed by atoms with Crippen LogP contribution in [0, 0.1) is 6.92 Å². The Morgan fingerprint density at radius 2 is 2.20 bits per heavy atom. The lowest BCUT2D eigenvalue weighted by atomic mass is 10.1. The first-order valence-electron chi connectivity index (χ1n) is 4.71. The molecule has 0 aliphatic carbocycles. The van der Waals surface area contributed by atoms with Crippen LogP contribution >= 0.6 is 27.3 Å². The summed E-state index contributed by atoms with van der Waals surface area (Å²) in [5.41, 5.74) is 6.05. The summed E-state index contributed by atoms with van der Waals surface area (Å²) in [6.45, 7) is 1.93. The molecule has 15 heavy (non-hydrogen) atoms. The highest BCUT2D eigenvalue weighted by atomic mass is 79.9. The average molecular weight is 286 g/mol. The molecule has 0 bridgehead atoms. The molecule has 2 N–H and O–H groups in total. The van der Waals surface area contributed by atoms with Crippen LogP contribution in [0.25, 0.3) is 0 Å². The van der Waals surface area contributed by atoms with Crippen molar-refractivity contribution >= 4 is 27.3 Å². The third-order valence-electron chi connectivity index (χ3n) is 2.18. The van der Waals surface area contributed by atoms with Crippen molar-refractivity contribution in [1.29, 1.82) is 0 Å². The second kappa shape index (κ2) is 4.51. The monoisotopic (exact) mass is 285 g/mol. The summed E-state index contributed by atoms with van der Waals surface area (Å²) in [5, 5.41) is 0. The number of nitrogens with two attached hydrogens (primary N) is 1. The van der Waals surface area contributed by atoms with E-state index in [2.05, 4.69) is 22.0 Å². The van der Waals surface area contributed by atoms with Crippen molar-refractivity contribution in [2.45, 2.75) is 19.4 Å². The Morgan fingerprint density at radius 1 is 1.40 bits per heavy atom. The molecule has 1 atom stereocenters. The molecule has 0 aromatic carbocycles. The minimum Gasteiger partial charge on any atom is -0.465 e. The molecule has 1 unspecified atom stereocenters. The maximum absolute atomic E-state index is 6.05. The number of halogens is 1. The van der Waals surface area contributed by atoms with E-state index in [1.807, 2.05) is 25.1 Å². The molecule has 0 radical (unpaired) electrons. The zero-order valence-corrected chi connectivity index (χ0v) is 10.8. The molecule has 2 aromatic rings. The van der Waals surface area contributed by atoms with Crippen LogP contribution in [0.3, 0.4) is 0 Å². The van der Waals surface area contributed by atoms with E-state index in [-0.39, 0.29) is 6.04 Å². The van der Waals surface area contributed by atoms with Gasteiger partial charge in [0.1, 0.15) is 11.5 Å². The normalized spacial score (nSPS) is 13.0. The van der Waals surface area contributed by atoms with Gasteiger partial charge in [0.15, 0.2) is 0 Å². The fourth-order valence-corrected chi connectivity index (χ4v) is 2.97. The molecule has 2 rings (SSSR count). The van der Waals surface area contributed by atoms with Crippen molar-refractivity contribution in [1.82, 2.24) is 0 Å². The molecular weight excluding hydrogens is 274 g/mol. The highest BCUT2D eigenvalue weighted by Gasteiger charge is 2.11. The Balaban J connectivity index is 2.06. The lowest BCUT2D eigenvalue weighted by Crippen LogP contribution is -2.11. The van der Waals surface area contributed by atoms with E-state index in [4.69, 9.17) is 10.2 Å². The highest BCUT2D eigenvalue weighted by molar-refractivity contribution is 9.11. The number of hydrogen-bond donors (Lipinski definition) is 1. The molecular formula is C11H12BrNOS. The highest BCUT2D eigenvalue weighted by Crippen LogP contribution is 2.26. The molecule has 0 amide bonds. The lowest BCUT2D eigenvalue weighted by Gasteiger charge is -2.06. The van der Waals surface area contributed by atoms with E-state index >= 15 is 0 Å². The first kappa shape index (κ1) is 10.9. The van der Waals surface area contributed by atoms with Crippen LogP contribution in [0.2, 0.25) is 0 Å². The Kier molecular flexibility index (Phi) is 3.29. The maximum atomic E-state index is 6.05. The summed E-state index contributed by atoms with van der Waals surface area (Å²) < 4.78 is 6.63. The summed E-state index contributed by atoms with van der Waals surface area (Å²) in [4.78, 5) is 1.27. The molecule has 0 saturated heterocycles. The fraction of sp³-hybridized carbons (Fsp3) is 0.273. The largest absolute Gasteiger partial charge is 0.465 e. The standard InChI is InChI=1S/C11H12BrNOS/c1-7-2-4-10(14-7)9(13)6-8-3-5-11(12)15-8/h2-5,9H,6,13H2,1H3. The van der Waals surface area contributed by atoms with Gasteiger partial charge in [0.05, 0.1) is 9.83 Å². The molecule has 2 heterocycles. The van der Waals surface area contributed by atoms with Crippen molar-refractivity contribution < 1.29 is 4.42 Å². The van der Waals surface area contributed by atoms with Crippen LogP contribution in [0.1, 0.15) is 22.4 Å². The van der Waals surface area contributed by atoms with Gasteiger partial charge >= 0.3 is 0 Å². The Labute approximate surface area is 101 Å². The molecule has 80 valence electrons. The van der Waals surface area contributed by atoms with Gasteiger partial charge in [0.25, 0.3) is 0 Å². The molecule has 0 saturated carbocycles. The summed E-state index contributed by atoms with van der Waals surface area (Å²) in [7, 11) is 0. The molecule has 2 nitrogen and oxygen atoms in total. The van der Waals surface area contributed by atoms with Crippen LogP contribution in [-0.2, 0) is 6.42 Å². The summed E-state index contributed by atoms with van der Waals surface area (Å²) in [5.74, 6) is 1.77. The van der Waals surface area contributed by atoms with Crippen LogP contribution in [0.4, 0.5) is 0 Å². The van der Waals surface area contributed by atoms with E-state index in [1.54, 1.807) is 11.3 Å². The predicted octanol–water partition coefficient (Wildman–Crippen LogP) is 3.65. The first-order valence-corrected chi connectivity index (χ1v) is 6.32. The number of furan rings is 1. The molecule has 0 aliphatic rings. The van der Waals surface area contributed by atoms with Gasteiger partial charge in [-0.15, -0.1) is 11.3 Å². The zero-order valence-electron chi connectivity index (χ0n) is 8.37. The Hall–Kier alpha value is -0.580. The number of rotatable bonds is 3. The molecule has 2 aromatic heterocycles. The van der Waals surface area contributed by atoms with Gasteiger partial charge in [0, 0.05) is 11.3 Å². The zero-order chi connectivity index (χ0) is 10.8. The quantitative estimate of drug-likeness (QED) is 0.935. The van der Waals surface area contributed by atoms with Gasteiger partial charge in [0.2, 0.25) is 0 Å². The molecule has 0 aliphatic heterocycles. The topological polar surface area (TPSA) is 39.2 Å². The van der Waals surface area contributed by atoms with Crippen LogP contribution in [-0.4, -0.2) is 0 Å². The summed E-state index contributed by atoms with van der Waals surface area (Å²) in [6, 6.07) is 7.97. The number of thiophene rings is 1. The Bertz CT molecular complexity index is 449. The van der Waals surface area contributed by atoms with Crippen molar-refractivity contribution in [2.24, 2.45) is 5.73 Å².